The summed E-state index contributed by atoms with van der Waals surface area (Å²) >= 11 is 2.91. The van der Waals surface area contributed by atoms with Crippen LogP contribution in [0.25, 0.3) is 10.2 Å². The number of aryl methyl sites for hydroxylation is 2. The second kappa shape index (κ2) is 9.70. The Balaban J connectivity index is 1.40. The number of hydrogen-bond acceptors (Lipinski definition) is 6. The van der Waals surface area contributed by atoms with Crippen LogP contribution in [0.4, 0.5) is 0 Å². The topological polar surface area (TPSA) is 73.2 Å². The molecule has 6 nitrogen and oxygen atoms in total. The number of rotatable bonds is 9. The van der Waals surface area contributed by atoms with E-state index in [9.17, 15) is 9.59 Å². The van der Waals surface area contributed by atoms with Crippen molar-refractivity contribution < 1.29 is 9.53 Å². The summed E-state index contributed by atoms with van der Waals surface area (Å²) in [6.07, 6.45) is 5.51. The Kier molecular flexibility index (Phi) is 6.77. The number of thioether (sulfide) groups is 1. The number of nitrogens with zero attached hydrogens (tertiary/aromatic N) is 2. The van der Waals surface area contributed by atoms with E-state index in [1.165, 1.54) is 22.2 Å². The fourth-order valence-electron chi connectivity index (χ4n) is 3.78. The molecule has 2 heterocycles. The molecule has 162 valence electrons. The Morgan fingerprint density at radius 2 is 2.16 bits per heavy atom. The molecular formula is C23H25N3O3S2. The van der Waals surface area contributed by atoms with Crippen LogP contribution in [0, 0.1) is 0 Å². The Bertz CT molecular complexity index is 1170. The quantitative estimate of drug-likeness (QED) is 0.303. The van der Waals surface area contributed by atoms with E-state index in [0.29, 0.717) is 18.2 Å². The van der Waals surface area contributed by atoms with Crippen molar-refractivity contribution in [3.63, 3.8) is 0 Å². The van der Waals surface area contributed by atoms with Crippen molar-refractivity contribution >= 4 is 39.2 Å². The number of hydrogen-bond donors (Lipinski definition) is 1. The van der Waals surface area contributed by atoms with E-state index in [2.05, 4.69) is 11.9 Å². The maximum Gasteiger partial charge on any atom is 0.263 e. The monoisotopic (exact) mass is 455 g/mol. The van der Waals surface area contributed by atoms with E-state index >= 15 is 0 Å². The van der Waals surface area contributed by atoms with Crippen molar-refractivity contribution in [1.82, 2.24) is 14.9 Å². The molecule has 0 atom stereocenters. The van der Waals surface area contributed by atoms with Gasteiger partial charge in [-0.25, -0.2) is 4.98 Å². The highest BCUT2D eigenvalue weighted by molar-refractivity contribution is 7.99. The van der Waals surface area contributed by atoms with Crippen molar-refractivity contribution in [3.05, 3.63) is 63.3 Å². The van der Waals surface area contributed by atoms with Gasteiger partial charge in [0.25, 0.3) is 5.56 Å². The summed E-state index contributed by atoms with van der Waals surface area (Å²) in [5, 5.41) is 4.27. The highest BCUT2D eigenvalue weighted by Crippen LogP contribution is 2.35. The predicted molar refractivity (Wildman–Crippen MR) is 127 cm³/mol. The van der Waals surface area contributed by atoms with Gasteiger partial charge in [0.1, 0.15) is 10.6 Å². The summed E-state index contributed by atoms with van der Waals surface area (Å²) in [4.78, 5) is 32.3. The summed E-state index contributed by atoms with van der Waals surface area (Å²) in [6.45, 7) is 4.71. The fourth-order valence-corrected chi connectivity index (χ4v) is 5.92. The number of carbonyl (C=O) groups excluding carboxylic acids is 1. The lowest BCUT2D eigenvalue weighted by Crippen LogP contribution is -2.28. The second-order valence-electron chi connectivity index (χ2n) is 7.37. The molecule has 0 radical (unpaired) electrons. The number of carbonyl (C=O) groups is 1. The Labute approximate surface area is 189 Å². The summed E-state index contributed by atoms with van der Waals surface area (Å²) in [7, 11) is 1.64. The van der Waals surface area contributed by atoms with Gasteiger partial charge in [0.2, 0.25) is 5.91 Å². The van der Waals surface area contributed by atoms with Crippen LogP contribution < -0.4 is 15.6 Å². The molecule has 2 aromatic heterocycles. The summed E-state index contributed by atoms with van der Waals surface area (Å²) in [5.74, 6) is 0.949. The largest absolute Gasteiger partial charge is 0.497 e. The van der Waals surface area contributed by atoms with Gasteiger partial charge < -0.3 is 10.1 Å². The van der Waals surface area contributed by atoms with Gasteiger partial charge in [-0.15, -0.1) is 17.9 Å². The van der Waals surface area contributed by atoms with Gasteiger partial charge in [-0.1, -0.05) is 30.0 Å². The van der Waals surface area contributed by atoms with Crippen molar-refractivity contribution in [1.29, 1.82) is 0 Å². The number of methoxy groups -OCH3 is 1. The summed E-state index contributed by atoms with van der Waals surface area (Å²) in [6, 6.07) is 7.80. The van der Waals surface area contributed by atoms with Crippen LogP contribution in [0.15, 0.2) is 46.9 Å². The standard InChI is InChI=1S/C23H25N3O3S2/c1-3-13-26-22(28)20-17-5-4-6-18(17)31-21(20)25-23(26)30-14-19(27)24-12-11-15-7-9-16(29-2)10-8-15/h3,7-10H,1,4-6,11-14H2,2H3,(H,24,27). The highest BCUT2D eigenvalue weighted by Gasteiger charge is 2.23. The normalized spacial score (nSPS) is 12.7. The molecule has 31 heavy (non-hydrogen) atoms. The minimum Gasteiger partial charge on any atom is -0.497 e. The molecule has 1 N–H and O–H groups in total. The van der Waals surface area contributed by atoms with E-state index in [1.807, 2.05) is 24.3 Å². The highest BCUT2D eigenvalue weighted by atomic mass is 32.2. The van der Waals surface area contributed by atoms with E-state index < -0.39 is 0 Å². The van der Waals surface area contributed by atoms with E-state index in [-0.39, 0.29) is 17.2 Å². The van der Waals surface area contributed by atoms with Crippen LogP contribution in [0.5, 0.6) is 5.75 Å². The second-order valence-corrected chi connectivity index (χ2v) is 9.40. The molecule has 0 saturated carbocycles. The van der Waals surface area contributed by atoms with Gasteiger partial charge in [0.05, 0.1) is 18.2 Å². The average molecular weight is 456 g/mol. The molecule has 1 aliphatic rings. The number of ether oxygens (including phenoxy) is 1. The van der Waals surface area contributed by atoms with E-state index in [4.69, 9.17) is 9.72 Å². The minimum atomic E-state index is -0.0771. The molecule has 1 amide bonds. The summed E-state index contributed by atoms with van der Waals surface area (Å²) < 4.78 is 6.79. The molecule has 0 aliphatic heterocycles. The van der Waals surface area contributed by atoms with Crippen molar-refractivity contribution in [2.24, 2.45) is 0 Å². The molecule has 4 rings (SSSR count). The van der Waals surface area contributed by atoms with Crippen LogP contribution in [-0.4, -0.2) is 34.9 Å². The van der Waals surface area contributed by atoms with Crippen LogP contribution >= 0.6 is 23.1 Å². The lowest BCUT2D eigenvalue weighted by molar-refractivity contribution is -0.118. The molecular weight excluding hydrogens is 430 g/mol. The molecule has 3 aromatic rings. The van der Waals surface area contributed by atoms with Crippen LogP contribution in [0.1, 0.15) is 22.4 Å². The molecule has 0 fully saturated rings. The minimum absolute atomic E-state index is 0.0216. The number of allylic oxidation sites excluding steroid dienone is 1. The molecule has 0 bridgehead atoms. The zero-order chi connectivity index (χ0) is 21.8. The SMILES string of the molecule is C=CCn1c(SCC(=O)NCCc2ccc(OC)cc2)nc2sc3c(c2c1=O)CCC3. The Hall–Kier alpha value is -2.58. The predicted octanol–water partition coefficient (Wildman–Crippen LogP) is 3.59. The van der Waals surface area contributed by atoms with Crippen LogP contribution in [0.3, 0.4) is 0 Å². The third-order valence-electron chi connectivity index (χ3n) is 5.33. The molecule has 1 aromatic carbocycles. The molecule has 8 heteroatoms. The maximum atomic E-state index is 13.1. The first-order valence-electron chi connectivity index (χ1n) is 10.3. The maximum absolute atomic E-state index is 13.1. The van der Waals surface area contributed by atoms with Gasteiger partial charge in [-0.3, -0.25) is 14.2 Å². The number of nitrogens with one attached hydrogen (secondary N) is 1. The molecule has 0 unspecified atom stereocenters. The molecule has 1 aliphatic carbocycles. The number of fused-ring (bicyclic) bond motifs is 3. The van der Waals surface area contributed by atoms with E-state index in [0.717, 1.165) is 47.2 Å². The fraction of sp³-hybridized carbons (Fsp3) is 0.348. The van der Waals surface area contributed by atoms with Gasteiger partial charge in [0.15, 0.2) is 5.16 Å². The van der Waals surface area contributed by atoms with Gasteiger partial charge >= 0.3 is 0 Å². The first-order chi connectivity index (χ1) is 15.1. The number of aromatic nitrogens is 2. The van der Waals surface area contributed by atoms with Crippen molar-refractivity contribution in [2.75, 3.05) is 19.4 Å². The third-order valence-corrected chi connectivity index (χ3v) is 7.49. The summed E-state index contributed by atoms with van der Waals surface area (Å²) in [5.41, 5.74) is 2.28. The van der Waals surface area contributed by atoms with E-state index in [1.54, 1.807) is 29.1 Å². The average Bonchev–Trinajstić information content (AvgIpc) is 3.36. The van der Waals surface area contributed by atoms with Gasteiger partial charge in [-0.2, -0.15) is 0 Å². The Morgan fingerprint density at radius 1 is 1.35 bits per heavy atom. The Morgan fingerprint density at radius 3 is 2.90 bits per heavy atom. The first kappa shape index (κ1) is 21.6. The molecule has 0 saturated heterocycles. The number of thiophene rings is 1. The first-order valence-corrected chi connectivity index (χ1v) is 12.1. The number of amides is 1. The number of benzene rings is 1. The lowest BCUT2D eigenvalue weighted by Gasteiger charge is -2.11. The van der Waals surface area contributed by atoms with Crippen LogP contribution in [0.2, 0.25) is 0 Å². The smallest absolute Gasteiger partial charge is 0.263 e. The zero-order valence-corrected chi connectivity index (χ0v) is 19.1. The van der Waals surface area contributed by atoms with Crippen molar-refractivity contribution in [2.45, 2.75) is 37.4 Å². The van der Waals surface area contributed by atoms with Gasteiger partial charge in [-0.05, 0) is 48.9 Å². The third kappa shape index (κ3) is 4.70. The van der Waals surface area contributed by atoms with Crippen LogP contribution in [-0.2, 0) is 30.6 Å². The van der Waals surface area contributed by atoms with Gasteiger partial charge in [0, 0.05) is 18.0 Å². The van der Waals surface area contributed by atoms with Crippen molar-refractivity contribution in [3.8, 4) is 5.75 Å². The molecule has 0 spiro atoms. The lowest BCUT2D eigenvalue weighted by atomic mass is 10.1. The zero-order valence-electron chi connectivity index (χ0n) is 17.5.